The summed E-state index contributed by atoms with van der Waals surface area (Å²) in [5, 5.41) is 2.85. The lowest BCUT2D eigenvalue weighted by atomic mass is 10.2. The van der Waals surface area contributed by atoms with Crippen molar-refractivity contribution in [3.63, 3.8) is 0 Å². The quantitative estimate of drug-likeness (QED) is 0.784. The first kappa shape index (κ1) is 11.8. The molecule has 0 aromatic carbocycles. The van der Waals surface area contributed by atoms with Crippen LogP contribution < -0.4 is 5.32 Å². The molecule has 84 valence electrons. The van der Waals surface area contributed by atoms with Crippen molar-refractivity contribution in [3.8, 4) is 0 Å². The number of alkyl halides is 3. The summed E-state index contributed by atoms with van der Waals surface area (Å²) in [6, 6.07) is 1.99. The third-order valence-electron chi connectivity index (χ3n) is 1.92. The zero-order valence-corrected chi connectivity index (χ0v) is 8.43. The normalized spacial score (nSPS) is 11.5. The Kier molecular flexibility index (Phi) is 3.94. The van der Waals surface area contributed by atoms with Gasteiger partial charge in [-0.2, -0.15) is 13.2 Å². The average Bonchev–Trinajstić information content (AvgIpc) is 2.17. The van der Waals surface area contributed by atoms with E-state index in [1.165, 1.54) is 0 Å². The Balaban J connectivity index is 2.66. The standard InChI is InChI=1S/C10H13F3N2/c1-2-3-5-14-9-7-8(4-6-15-9)10(11,12)13/h4,6-7H,2-3,5H2,1H3,(H,14,15). The molecule has 15 heavy (non-hydrogen) atoms. The Labute approximate surface area is 86.5 Å². The largest absolute Gasteiger partial charge is 0.416 e. The lowest BCUT2D eigenvalue weighted by molar-refractivity contribution is -0.137. The highest BCUT2D eigenvalue weighted by molar-refractivity contribution is 5.38. The van der Waals surface area contributed by atoms with Crippen molar-refractivity contribution in [2.24, 2.45) is 0 Å². The summed E-state index contributed by atoms with van der Waals surface area (Å²) < 4.78 is 36.9. The smallest absolute Gasteiger partial charge is 0.370 e. The van der Waals surface area contributed by atoms with Gasteiger partial charge < -0.3 is 5.32 Å². The second kappa shape index (κ2) is 5.00. The Hall–Kier alpha value is -1.26. The van der Waals surface area contributed by atoms with Gasteiger partial charge in [0.05, 0.1) is 5.56 Å². The van der Waals surface area contributed by atoms with Gasteiger partial charge in [0.25, 0.3) is 0 Å². The number of hydrogen-bond donors (Lipinski definition) is 1. The Morgan fingerprint density at radius 3 is 2.73 bits per heavy atom. The van der Waals surface area contributed by atoms with Gasteiger partial charge >= 0.3 is 6.18 Å². The first-order valence-electron chi connectivity index (χ1n) is 4.81. The van der Waals surface area contributed by atoms with Crippen LogP contribution in [0.2, 0.25) is 0 Å². The molecular weight excluding hydrogens is 205 g/mol. The predicted molar refractivity (Wildman–Crippen MR) is 52.6 cm³/mol. The van der Waals surface area contributed by atoms with Gasteiger partial charge in [0.15, 0.2) is 0 Å². The molecule has 0 radical (unpaired) electrons. The van der Waals surface area contributed by atoms with Gasteiger partial charge in [0, 0.05) is 12.7 Å². The van der Waals surface area contributed by atoms with Crippen LogP contribution in [0.3, 0.4) is 0 Å². The van der Waals surface area contributed by atoms with Crippen molar-refractivity contribution < 1.29 is 13.2 Å². The summed E-state index contributed by atoms with van der Waals surface area (Å²) in [4.78, 5) is 3.81. The zero-order chi connectivity index (χ0) is 11.3. The molecule has 0 unspecified atom stereocenters. The molecule has 5 heteroatoms. The molecule has 0 fully saturated rings. The number of aromatic nitrogens is 1. The van der Waals surface area contributed by atoms with Crippen LogP contribution in [0.15, 0.2) is 18.3 Å². The van der Waals surface area contributed by atoms with Crippen LogP contribution in [0.4, 0.5) is 19.0 Å². The molecule has 1 rings (SSSR count). The van der Waals surface area contributed by atoms with Gasteiger partial charge in [-0.1, -0.05) is 13.3 Å². The van der Waals surface area contributed by atoms with Crippen molar-refractivity contribution >= 4 is 5.82 Å². The van der Waals surface area contributed by atoms with Crippen molar-refractivity contribution in [1.29, 1.82) is 0 Å². The van der Waals surface area contributed by atoms with Crippen LogP contribution in [0.5, 0.6) is 0 Å². The van der Waals surface area contributed by atoms with Gasteiger partial charge in [-0.15, -0.1) is 0 Å². The van der Waals surface area contributed by atoms with Crippen LogP contribution in [0.1, 0.15) is 25.3 Å². The molecule has 1 N–H and O–H groups in total. The number of hydrogen-bond acceptors (Lipinski definition) is 2. The van der Waals surface area contributed by atoms with Crippen molar-refractivity contribution in [3.05, 3.63) is 23.9 Å². The highest BCUT2D eigenvalue weighted by Gasteiger charge is 2.30. The van der Waals surface area contributed by atoms with E-state index in [1.807, 2.05) is 6.92 Å². The van der Waals surface area contributed by atoms with Crippen molar-refractivity contribution in [1.82, 2.24) is 4.98 Å². The molecule has 0 aliphatic heterocycles. The van der Waals surface area contributed by atoms with E-state index in [9.17, 15) is 13.2 Å². The van der Waals surface area contributed by atoms with Gasteiger partial charge in [0.1, 0.15) is 5.82 Å². The number of anilines is 1. The average molecular weight is 218 g/mol. The number of nitrogens with zero attached hydrogens (tertiary/aromatic N) is 1. The zero-order valence-electron chi connectivity index (χ0n) is 8.43. The van der Waals surface area contributed by atoms with E-state index in [0.29, 0.717) is 6.54 Å². The fourth-order valence-electron chi connectivity index (χ4n) is 1.10. The van der Waals surface area contributed by atoms with E-state index in [4.69, 9.17) is 0 Å². The predicted octanol–water partition coefficient (Wildman–Crippen LogP) is 3.31. The fourth-order valence-corrected chi connectivity index (χ4v) is 1.10. The SMILES string of the molecule is CCCCNc1cc(C(F)(F)F)ccn1. The summed E-state index contributed by atoms with van der Waals surface area (Å²) in [7, 11) is 0. The van der Waals surface area contributed by atoms with Crippen molar-refractivity contribution in [2.45, 2.75) is 25.9 Å². The molecule has 0 aliphatic rings. The van der Waals surface area contributed by atoms with Gasteiger partial charge in [-0.25, -0.2) is 4.98 Å². The molecule has 1 heterocycles. The molecular formula is C10H13F3N2. The van der Waals surface area contributed by atoms with E-state index in [2.05, 4.69) is 10.3 Å². The number of unbranched alkanes of at least 4 members (excludes halogenated alkanes) is 1. The topological polar surface area (TPSA) is 24.9 Å². The second-order valence-corrected chi connectivity index (χ2v) is 3.21. The van der Waals surface area contributed by atoms with Gasteiger partial charge in [-0.05, 0) is 18.6 Å². The molecule has 0 spiro atoms. The Morgan fingerprint density at radius 1 is 1.40 bits per heavy atom. The van der Waals surface area contributed by atoms with Crippen LogP contribution in [-0.2, 0) is 6.18 Å². The highest BCUT2D eigenvalue weighted by atomic mass is 19.4. The first-order chi connectivity index (χ1) is 7.04. The summed E-state index contributed by atoms with van der Waals surface area (Å²) in [5.41, 5.74) is -0.670. The Bertz CT molecular complexity index is 310. The van der Waals surface area contributed by atoms with E-state index in [1.54, 1.807) is 0 Å². The molecule has 0 saturated heterocycles. The minimum atomic E-state index is -4.30. The highest BCUT2D eigenvalue weighted by Crippen LogP contribution is 2.29. The summed E-state index contributed by atoms with van der Waals surface area (Å²) in [5.74, 6) is 0.276. The third-order valence-corrected chi connectivity index (χ3v) is 1.92. The summed E-state index contributed by atoms with van der Waals surface area (Å²) in [6.07, 6.45) is -1.23. The maximum Gasteiger partial charge on any atom is 0.416 e. The van der Waals surface area contributed by atoms with Crippen LogP contribution in [0.25, 0.3) is 0 Å². The van der Waals surface area contributed by atoms with Crippen molar-refractivity contribution in [2.75, 3.05) is 11.9 Å². The maximum atomic E-state index is 12.3. The second-order valence-electron chi connectivity index (χ2n) is 3.21. The monoisotopic (exact) mass is 218 g/mol. The number of nitrogens with one attached hydrogen (secondary N) is 1. The van der Waals surface area contributed by atoms with Gasteiger partial charge in [0.2, 0.25) is 0 Å². The van der Waals surface area contributed by atoms with E-state index < -0.39 is 11.7 Å². The lowest BCUT2D eigenvalue weighted by Gasteiger charge is -2.09. The number of pyridine rings is 1. The van der Waals surface area contributed by atoms with Gasteiger partial charge in [-0.3, -0.25) is 0 Å². The number of rotatable bonds is 4. The molecule has 0 bridgehead atoms. The minimum Gasteiger partial charge on any atom is -0.370 e. The molecule has 0 amide bonds. The van der Waals surface area contributed by atoms with Crippen LogP contribution >= 0.6 is 0 Å². The number of halogens is 3. The first-order valence-corrected chi connectivity index (χ1v) is 4.81. The molecule has 1 aromatic rings. The fraction of sp³-hybridized carbons (Fsp3) is 0.500. The van der Waals surface area contributed by atoms with E-state index in [0.717, 1.165) is 31.2 Å². The summed E-state index contributed by atoms with van der Waals surface area (Å²) >= 11 is 0. The van der Waals surface area contributed by atoms with E-state index in [-0.39, 0.29) is 5.82 Å². The molecule has 0 aliphatic carbocycles. The molecule has 2 nitrogen and oxygen atoms in total. The maximum absolute atomic E-state index is 12.3. The third kappa shape index (κ3) is 3.77. The van der Waals surface area contributed by atoms with Crippen LogP contribution in [0, 0.1) is 0 Å². The lowest BCUT2D eigenvalue weighted by Crippen LogP contribution is -2.08. The minimum absolute atomic E-state index is 0.276. The molecule has 1 aromatic heterocycles. The van der Waals surface area contributed by atoms with Crippen LogP contribution in [-0.4, -0.2) is 11.5 Å². The molecule has 0 saturated carbocycles. The molecule has 0 atom stereocenters. The summed E-state index contributed by atoms with van der Waals surface area (Å²) in [6.45, 7) is 2.66. The van der Waals surface area contributed by atoms with E-state index >= 15 is 0 Å². The Morgan fingerprint density at radius 2 is 2.13 bits per heavy atom.